The van der Waals surface area contributed by atoms with Gasteiger partial charge in [-0.1, -0.05) is 37.7 Å². The summed E-state index contributed by atoms with van der Waals surface area (Å²) in [7, 11) is 0. The van der Waals surface area contributed by atoms with Crippen LogP contribution < -0.4 is 0 Å². The Balaban J connectivity index is 2.95. The lowest BCUT2D eigenvalue weighted by Crippen LogP contribution is -2.16. The van der Waals surface area contributed by atoms with E-state index in [2.05, 4.69) is 10.1 Å². The van der Waals surface area contributed by atoms with Gasteiger partial charge >= 0.3 is 6.08 Å². The quantitative estimate of drug-likeness (QED) is 0.381. The van der Waals surface area contributed by atoms with E-state index in [9.17, 15) is 13.2 Å². The van der Waals surface area contributed by atoms with E-state index >= 15 is 0 Å². The maximum absolute atomic E-state index is 12.8. The Morgan fingerprint density at radius 2 is 1.96 bits per heavy atom. The highest BCUT2D eigenvalue weighted by Crippen LogP contribution is 2.31. The molecule has 0 fully saturated rings. The van der Waals surface area contributed by atoms with Gasteiger partial charge in [0.1, 0.15) is 12.3 Å². The number of halogens is 3. The standard InChI is InChI=1S/C15H21F3N2O2S/c1-6-21-20-9(2)11-12(15(3,4)5)19-14(22-11)23-8-7-10(16)13(17)18/h6-8H2,1-5H3/b20-9+. The molecule has 0 amide bonds. The van der Waals surface area contributed by atoms with Crippen LogP contribution in [0.5, 0.6) is 0 Å². The Labute approximate surface area is 138 Å². The molecule has 0 radical (unpaired) electrons. The molecule has 1 aromatic heterocycles. The van der Waals surface area contributed by atoms with Crippen LogP contribution in [0.2, 0.25) is 0 Å². The Bertz CT molecular complexity index is 588. The van der Waals surface area contributed by atoms with Crippen LogP contribution in [0.1, 0.15) is 52.5 Å². The van der Waals surface area contributed by atoms with Crippen molar-refractivity contribution in [1.82, 2.24) is 4.98 Å². The van der Waals surface area contributed by atoms with Crippen molar-refractivity contribution in [3.05, 3.63) is 23.4 Å². The van der Waals surface area contributed by atoms with Gasteiger partial charge in [-0.15, -0.1) is 0 Å². The molecule has 0 saturated heterocycles. The zero-order valence-electron chi connectivity index (χ0n) is 13.9. The highest BCUT2D eigenvalue weighted by Gasteiger charge is 2.27. The minimum atomic E-state index is -2.28. The summed E-state index contributed by atoms with van der Waals surface area (Å²) >= 11 is 1.08. The van der Waals surface area contributed by atoms with Gasteiger partial charge in [0.25, 0.3) is 5.22 Å². The van der Waals surface area contributed by atoms with Crippen molar-refractivity contribution in [3.8, 4) is 0 Å². The molecule has 1 aromatic rings. The summed E-state index contributed by atoms with van der Waals surface area (Å²) in [5, 5.41) is 4.23. The Hall–Kier alpha value is -1.44. The minimum Gasteiger partial charge on any atom is -0.430 e. The van der Waals surface area contributed by atoms with Crippen molar-refractivity contribution in [3.63, 3.8) is 0 Å². The molecule has 0 aliphatic rings. The first-order valence-electron chi connectivity index (χ1n) is 7.17. The first kappa shape index (κ1) is 19.6. The third kappa shape index (κ3) is 5.93. The van der Waals surface area contributed by atoms with E-state index in [1.807, 2.05) is 27.7 Å². The van der Waals surface area contributed by atoms with Crippen molar-refractivity contribution in [2.24, 2.45) is 5.16 Å². The Morgan fingerprint density at radius 1 is 1.30 bits per heavy atom. The van der Waals surface area contributed by atoms with Crippen LogP contribution in [0.15, 0.2) is 26.7 Å². The van der Waals surface area contributed by atoms with Gasteiger partial charge in [-0.05, 0) is 13.8 Å². The van der Waals surface area contributed by atoms with Crippen LogP contribution in [-0.4, -0.2) is 23.1 Å². The molecule has 23 heavy (non-hydrogen) atoms. The van der Waals surface area contributed by atoms with Crippen LogP contribution in [0.4, 0.5) is 13.2 Å². The summed E-state index contributed by atoms with van der Waals surface area (Å²) in [6, 6.07) is 0. The fourth-order valence-corrected chi connectivity index (χ4v) is 2.40. The van der Waals surface area contributed by atoms with Crippen LogP contribution in [0.3, 0.4) is 0 Å². The summed E-state index contributed by atoms with van der Waals surface area (Å²) < 4.78 is 42.5. The number of oxazole rings is 1. The van der Waals surface area contributed by atoms with Crippen molar-refractivity contribution in [1.29, 1.82) is 0 Å². The third-order valence-electron chi connectivity index (χ3n) is 2.73. The van der Waals surface area contributed by atoms with E-state index in [4.69, 9.17) is 9.25 Å². The van der Waals surface area contributed by atoms with E-state index in [1.54, 1.807) is 6.92 Å². The number of hydrogen-bond acceptors (Lipinski definition) is 5. The average molecular weight is 350 g/mol. The van der Waals surface area contributed by atoms with Crippen molar-refractivity contribution >= 4 is 17.5 Å². The molecule has 0 aliphatic carbocycles. The third-order valence-corrected chi connectivity index (χ3v) is 3.56. The highest BCUT2D eigenvalue weighted by atomic mass is 32.2. The molecule has 8 heteroatoms. The first-order valence-corrected chi connectivity index (χ1v) is 8.16. The summed E-state index contributed by atoms with van der Waals surface area (Å²) in [5.74, 6) is -0.815. The normalized spacial score (nSPS) is 12.4. The lowest BCUT2D eigenvalue weighted by atomic mass is 9.90. The number of hydrogen-bond donors (Lipinski definition) is 0. The number of thioether (sulfide) groups is 1. The number of aromatic nitrogens is 1. The van der Waals surface area contributed by atoms with Crippen molar-refractivity contribution < 1.29 is 22.4 Å². The lowest BCUT2D eigenvalue weighted by molar-refractivity contribution is 0.158. The summed E-state index contributed by atoms with van der Waals surface area (Å²) in [6.07, 6.45) is -2.66. The van der Waals surface area contributed by atoms with Gasteiger partial charge in [-0.3, -0.25) is 0 Å². The van der Waals surface area contributed by atoms with Gasteiger partial charge in [0.2, 0.25) is 0 Å². The molecule has 0 atom stereocenters. The highest BCUT2D eigenvalue weighted by molar-refractivity contribution is 7.99. The Kier molecular flexibility index (Phi) is 7.18. The van der Waals surface area contributed by atoms with Crippen LogP contribution in [0.25, 0.3) is 0 Å². The summed E-state index contributed by atoms with van der Waals surface area (Å²) in [5.41, 5.74) is 0.933. The molecule has 0 aliphatic heterocycles. The fraction of sp³-hybridized carbons (Fsp3) is 0.600. The minimum absolute atomic E-state index is 0.106. The predicted octanol–water partition coefficient (Wildman–Crippen LogP) is 5.29. The van der Waals surface area contributed by atoms with Gasteiger partial charge in [-0.2, -0.15) is 8.78 Å². The van der Waals surface area contributed by atoms with Crippen molar-refractivity contribution in [2.45, 2.75) is 51.7 Å². The molecule has 0 N–H and O–H groups in total. The molecule has 130 valence electrons. The number of oxime groups is 1. The maximum Gasteiger partial charge on any atom is 0.301 e. The second kappa shape index (κ2) is 8.42. The zero-order chi connectivity index (χ0) is 17.6. The molecule has 0 spiro atoms. The van der Waals surface area contributed by atoms with Gasteiger partial charge in [0, 0.05) is 17.6 Å². The van der Waals surface area contributed by atoms with Gasteiger partial charge < -0.3 is 9.25 Å². The fourth-order valence-electron chi connectivity index (χ4n) is 1.64. The zero-order valence-corrected chi connectivity index (χ0v) is 14.7. The Morgan fingerprint density at radius 3 is 2.48 bits per heavy atom. The molecule has 0 aromatic carbocycles. The molecular weight excluding hydrogens is 329 g/mol. The van der Waals surface area contributed by atoms with Crippen LogP contribution >= 0.6 is 11.8 Å². The molecule has 1 rings (SSSR count). The monoisotopic (exact) mass is 350 g/mol. The van der Waals surface area contributed by atoms with Crippen molar-refractivity contribution in [2.75, 3.05) is 12.4 Å². The number of rotatable bonds is 7. The van der Waals surface area contributed by atoms with Gasteiger partial charge in [0.05, 0.1) is 5.69 Å². The lowest BCUT2D eigenvalue weighted by Gasteiger charge is -2.15. The topological polar surface area (TPSA) is 47.6 Å². The van der Waals surface area contributed by atoms with Crippen LogP contribution in [-0.2, 0) is 10.3 Å². The molecule has 1 heterocycles. The molecular formula is C15H21F3N2O2S. The summed E-state index contributed by atoms with van der Waals surface area (Å²) in [4.78, 5) is 9.41. The molecule has 0 saturated carbocycles. The van der Waals surface area contributed by atoms with Crippen LogP contribution in [0, 0.1) is 0 Å². The second-order valence-corrected chi connectivity index (χ2v) is 6.81. The van der Waals surface area contributed by atoms with E-state index in [-0.39, 0.29) is 17.6 Å². The predicted molar refractivity (Wildman–Crippen MR) is 84.7 cm³/mol. The SMILES string of the molecule is CCO/N=C(\C)c1oc(SCCC(F)=C(F)F)nc1C(C)(C)C. The van der Waals surface area contributed by atoms with E-state index in [0.717, 1.165) is 11.8 Å². The largest absolute Gasteiger partial charge is 0.430 e. The number of allylic oxidation sites excluding steroid dienone is 1. The second-order valence-electron chi connectivity index (χ2n) is 5.77. The van der Waals surface area contributed by atoms with E-state index < -0.39 is 11.9 Å². The molecule has 0 unspecified atom stereocenters. The van der Waals surface area contributed by atoms with Gasteiger partial charge in [-0.25, -0.2) is 9.37 Å². The maximum atomic E-state index is 12.8. The number of nitrogens with zero attached hydrogens (tertiary/aromatic N) is 2. The van der Waals surface area contributed by atoms with Gasteiger partial charge in [0.15, 0.2) is 11.6 Å². The average Bonchev–Trinajstić information content (AvgIpc) is 2.88. The smallest absolute Gasteiger partial charge is 0.301 e. The van der Waals surface area contributed by atoms with E-state index in [0.29, 0.717) is 29.0 Å². The van der Waals surface area contributed by atoms with E-state index in [1.165, 1.54) is 0 Å². The first-order chi connectivity index (χ1) is 10.7. The summed E-state index contributed by atoms with van der Waals surface area (Å²) in [6.45, 7) is 9.89. The molecule has 0 bridgehead atoms. The molecule has 4 nitrogen and oxygen atoms in total.